The molecule has 1 aromatic carbocycles. The van der Waals surface area contributed by atoms with Crippen molar-refractivity contribution in [1.29, 1.82) is 0 Å². The van der Waals surface area contributed by atoms with E-state index in [2.05, 4.69) is 0 Å². The first kappa shape index (κ1) is 19.0. The van der Waals surface area contributed by atoms with Gasteiger partial charge in [0.15, 0.2) is 0 Å². The number of nitrogens with zero attached hydrogens (tertiary/aromatic N) is 3. The van der Waals surface area contributed by atoms with Crippen molar-refractivity contribution in [2.75, 3.05) is 26.2 Å². The number of hydrogen-bond donors (Lipinski definition) is 0. The van der Waals surface area contributed by atoms with Crippen molar-refractivity contribution >= 4 is 12.0 Å². The summed E-state index contributed by atoms with van der Waals surface area (Å²) in [5.74, 6) is 0.0000878. The standard InChI is InChI=1S/C21H27N3O3/c1-21(2,3)27-20(26)24-14-6-13-23(15-16-24)19(25)17-7-9-18(10-8-17)22-11-4-5-12-22/h4-5,7-12H,6,13-16H2,1-3H3. The maximum absolute atomic E-state index is 12.8. The number of amides is 2. The maximum Gasteiger partial charge on any atom is 0.410 e. The Bertz CT molecular complexity index is 776. The molecule has 0 saturated carbocycles. The van der Waals surface area contributed by atoms with Crippen LogP contribution >= 0.6 is 0 Å². The lowest BCUT2D eigenvalue weighted by Crippen LogP contribution is -2.40. The fourth-order valence-electron chi connectivity index (χ4n) is 3.09. The van der Waals surface area contributed by atoms with Gasteiger partial charge in [-0.1, -0.05) is 0 Å². The summed E-state index contributed by atoms with van der Waals surface area (Å²) in [7, 11) is 0. The minimum atomic E-state index is -0.514. The highest BCUT2D eigenvalue weighted by atomic mass is 16.6. The van der Waals surface area contributed by atoms with Crippen LogP contribution in [0.5, 0.6) is 0 Å². The Kier molecular flexibility index (Phi) is 5.54. The predicted molar refractivity (Wildman–Crippen MR) is 104 cm³/mol. The van der Waals surface area contributed by atoms with E-state index in [1.54, 1.807) is 4.90 Å². The summed E-state index contributed by atoms with van der Waals surface area (Å²) in [6.07, 6.45) is 4.37. The Morgan fingerprint density at radius 3 is 2.11 bits per heavy atom. The summed E-state index contributed by atoms with van der Waals surface area (Å²) < 4.78 is 7.44. The Morgan fingerprint density at radius 2 is 1.48 bits per heavy atom. The molecule has 1 fully saturated rings. The molecule has 144 valence electrons. The van der Waals surface area contributed by atoms with E-state index in [0.717, 1.165) is 12.1 Å². The van der Waals surface area contributed by atoms with Crippen LogP contribution in [-0.2, 0) is 4.74 Å². The van der Waals surface area contributed by atoms with Gasteiger partial charge in [0.25, 0.3) is 5.91 Å². The van der Waals surface area contributed by atoms with Crippen molar-refractivity contribution in [1.82, 2.24) is 14.4 Å². The van der Waals surface area contributed by atoms with E-state index in [0.29, 0.717) is 31.7 Å². The summed E-state index contributed by atoms with van der Waals surface area (Å²) in [5, 5.41) is 0. The molecular weight excluding hydrogens is 342 g/mol. The first-order valence-electron chi connectivity index (χ1n) is 9.34. The first-order valence-corrected chi connectivity index (χ1v) is 9.34. The second-order valence-electron chi connectivity index (χ2n) is 7.75. The van der Waals surface area contributed by atoms with Crippen LogP contribution in [0.2, 0.25) is 0 Å². The van der Waals surface area contributed by atoms with Crippen LogP contribution in [0.25, 0.3) is 5.69 Å². The molecule has 2 heterocycles. The molecule has 1 aliphatic rings. The summed E-state index contributed by atoms with van der Waals surface area (Å²) in [6, 6.07) is 11.5. The SMILES string of the molecule is CC(C)(C)OC(=O)N1CCCN(C(=O)c2ccc(-n3cccc3)cc2)CC1. The third kappa shape index (κ3) is 4.90. The molecule has 1 saturated heterocycles. The molecule has 0 spiro atoms. The lowest BCUT2D eigenvalue weighted by Gasteiger charge is -2.26. The van der Waals surface area contributed by atoms with E-state index in [1.807, 2.05) is 79.0 Å². The lowest BCUT2D eigenvalue weighted by atomic mass is 10.1. The average molecular weight is 369 g/mol. The second kappa shape index (κ2) is 7.86. The van der Waals surface area contributed by atoms with E-state index in [-0.39, 0.29) is 12.0 Å². The summed E-state index contributed by atoms with van der Waals surface area (Å²) >= 11 is 0. The topological polar surface area (TPSA) is 54.8 Å². The van der Waals surface area contributed by atoms with Crippen molar-refractivity contribution in [2.24, 2.45) is 0 Å². The van der Waals surface area contributed by atoms with Crippen LogP contribution in [0.4, 0.5) is 4.79 Å². The number of aromatic nitrogens is 1. The predicted octanol–water partition coefficient (Wildman–Crippen LogP) is 3.56. The first-order chi connectivity index (χ1) is 12.8. The lowest BCUT2D eigenvalue weighted by molar-refractivity contribution is 0.0255. The van der Waals surface area contributed by atoms with E-state index in [9.17, 15) is 9.59 Å². The maximum atomic E-state index is 12.8. The highest BCUT2D eigenvalue weighted by Crippen LogP contribution is 2.15. The molecule has 0 radical (unpaired) electrons. The largest absolute Gasteiger partial charge is 0.444 e. The molecule has 6 nitrogen and oxygen atoms in total. The van der Waals surface area contributed by atoms with Crippen molar-refractivity contribution < 1.29 is 14.3 Å². The van der Waals surface area contributed by atoms with Crippen LogP contribution in [-0.4, -0.2) is 58.1 Å². The monoisotopic (exact) mass is 369 g/mol. The summed E-state index contributed by atoms with van der Waals surface area (Å²) in [4.78, 5) is 28.6. The van der Waals surface area contributed by atoms with Gasteiger partial charge in [0.2, 0.25) is 0 Å². The molecule has 0 bridgehead atoms. The molecular formula is C21H27N3O3. The van der Waals surface area contributed by atoms with Crippen molar-refractivity contribution in [3.63, 3.8) is 0 Å². The number of rotatable bonds is 2. The van der Waals surface area contributed by atoms with Crippen LogP contribution in [0.1, 0.15) is 37.6 Å². The third-order valence-electron chi connectivity index (χ3n) is 4.45. The summed E-state index contributed by atoms with van der Waals surface area (Å²) in [6.45, 7) is 7.81. The Labute approximate surface area is 160 Å². The van der Waals surface area contributed by atoms with Crippen LogP contribution in [0, 0.1) is 0 Å². The highest BCUT2D eigenvalue weighted by molar-refractivity contribution is 5.94. The fourth-order valence-corrected chi connectivity index (χ4v) is 3.09. The van der Waals surface area contributed by atoms with Crippen LogP contribution in [0.15, 0.2) is 48.8 Å². The van der Waals surface area contributed by atoms with Crippen molar-refractivity contribution in [2.45, 2.75) is 32.8 Å². The zero-order valence-electron chi connectivity index (χ0n) is 16.2. The van der Waals surface area contributed by atoms with Gasteiger partial charge in [-0.05, 0) is 63.6 Å². The Hall–Kier alpha value is -2.76. The number of carbonyl (C=O) groups is 2. The van der Waals surface area contributed by atoms with E-state index >= 15 is 0 Å². The molecule has 2 aromatic rings. The molecule has 0 unspecified atom stereocenters. The molecule has 0 aliphatic carbocycles. The Morgan fingerprint density at radius 1 is 0.889 bits per heavy atom. The number of carbonyl (C=O) groups excluding carboxylic acids is 2. The van der Waals surface area contributed by atoms with Gasteiger partial charge in [0.1, 0.15) is 5.60 Å². The van der Waals surface area contributed by atoms with Gasteiger partial charge in [-0.25, -0.2) is 4.79 Å². The number of hydrogen-bond acceptors (Lipinski definition) is 3. The smallest absolute Gasteiger partial charge is 0.410 e. The molecule has 27 heavy (non-hydrogen) atoms. The van der Waals surface area contributed by atoms with E-state index < -0.39 is 5.60 Å². The number of ether oxygens (including phenoxy) is 1. The third-order valence-corrected chi connectivity index (χ3v) is 4.45. The normalized spacial score (nSPS) is 15.4. The van der Waals surface area contributed by atoms with Crippen molar-refractivity contribution in [3.05, 3.63) is 54.4 Å². The van der Waals surface area contributed by atoms with E-state index in [4.69, 9.17) is 4.74 Å². The summed E-state index contributed by atoms with van der Waals surface area (Å²) in [5.41, 5.74) is 1.17. The second-order valence-corrected chi connectivity index (χ2v) is 7.75. The highest BCUT2D eigenvalue weighted by Gasteiger charge is 2.26. The van der Waals surface area contributed by atoms with E-state index in [1.165, 1.54) is 0 Å². The molecule has 1 aliphatic heterocycles. The zero-order chi connectivity index (χ0) is 19.4. The average Bonchev–Trinajstić information content (AvgIpc) is 3.04. The van der Waals surface area contributed by atoms with Gasteiger partial charge in [0, 0.05) is 49.8 Å². The quantitative estimate of drug-likeness (QED) is 0.813. The van der Waals surface area contributed by atoms with Gasteiger partial charge in [-0.15, -0.1) is 0 Å². The minimum absolute atomic E-state index is 0.0000878. The Balaban J connectivity index is 1.61. The van der Waals surface area contributed by atoms with Gasteiger partial charge in [0.05, 0.1) is 0 Å². The fraction of sp³-hybridized carbons (Fsp3) is 0.429. The van der Waals surface area contributed by atoms with Crippen LogP contribution in [0.3, 0.4) is 0 Å². The van der Waals surface area contributed by atoms with Crippen molar-refractivity contribution in [3.8, 4) is 5.69 Å². The molecule has 3 rings (SSSR count). The zero-order valence-corrected chi connectivity index (χ0v) is 16.2. The van der Waals surface area contributed by atoms with Gasteiger partial charge in [-0.2, -0.15) is 0 Å². The number of benzene rings is 1. The molecule has 0 N–H and O–H groups in total. The molecule has 1 aromatic heterocycles. The minimum Gasteiger partial charge on any atom is -0.444 e. The van der Waals surface area contributed by atoms with Gasteiger partial charge in [-0.3, -0.25) is 4.79 Å². The molecule has 6 heteroatoms. The van der Waals surface area contributed by atoms with Gasteiger partial charge >= 0.3 is 6.09 Å². The van der Waals surface area contributed by atoms with Crippen LogP contribution < -0.4 is 0 Å². The molecule has 2 amide bonds. The molecule has 0 atom stereocenters. The van der Waals surface area contributed by atoms with Gasteiger partial charge < -0.3 is 19.1 Å².